The van der Waals surface area contributed by atoms with Crippen molar-refractivity contribution < 1.29 is 9.53 Å². The van der Waals surface area contributed by atoms with Crippen LogP contribution < -0.4 is 10.6 Å². The number of halogens is 2. The summed E-state index contributed by atoms with van der Waals surface area (Å²) in [7, 11) is 0. The molecule has 1 unspecified atom stereocenters. The van der Waals surface area contributed by atoms with Gasteiger partial charge in [0.2, 0.25) is 0 Å². The minimum atomic E-state index is -2.99. The Bertz CT molecular complexity index is 601. The van der Waals surface area contributed by atoms with Crippen molar-refractivity contribution in [2.45, 2.75) is 13.0 Å². The van der Waals surface area contributed by atoms with Crippen molar-refractivity contribution >= 4 is 44.8 Å². The number of carbonyl (C=O) groups is 1. The molecule has 0 amide bonds. The molecule has 2 rings (SSSR count). The maximum atomic E-state index is 11.0. The molecule has 2 aromatic rings. The Morgan fingerprint density at radius 1 is 1.05 bits per heavy atom. The summed E-state index contributed by atoms with van der Waals surface area (Å²) < 4.78 is 5.13. The number of ether oxygens (including phenoxy) is 1. The van der Waals surface area contributed by atoms with E-state index in [-0.39, 0.29) is 6.10 Å². The van der Waals surface area contributed by atoms with Crippen LogP contribution in [-0.2, 0) is 4.74 Å². The van der Waals surface area contributed by atoms with Crippen LogP contribution in [0.25, 0.3) is 0 Å². The molecule has 2 nitrogen and oxygen atoms in total. The summed E-state index contributed by atoms with van der Waals surface area (Å²) in [6.07, 6.45) is 0.158. The van der Waals surface area contributed by atoms with Gasteiger partial charge in [-0.25, -0.2) is 0 Å². The van der Waals surface area contributed by atoms with Gasteiger partial charge in [-0.05, 0) is 0 Å². The first-order valence-electron chi connectivity index (χ1n) is 7.02. The zero-order valence-corrected chi connectivity index (χ0v) is 15.0. The van der Waals surface area contributed by atoms with Crippen LogP contribution in [0.4, 0.5) is 4.79 Å². The van der Waals surface area contributed by atoms with Crippen LogP contribution in [0.2, 0.25) is 0 Å². The average Bonchev–Trinajstić information content (AvgIpc) is 2.48. The van der Waals surface area contributed by atoms with Crippen LogP contribution in [-0.4, -0.2) is 24.4 Å². The Kier molecular flexibility index (Phi) is 5.17. The van der Waals surface area contributed by atoms with Gasteiger partial charge in [-0.3, -0.25) is 0 Å². The summed E-state index contributed by atoms with van der Waals surface area (Å²) in [5.74, 6) is -2.99. The predicted octanol–water partition coefficient (Wildman–Crippen LogP) is 4.74. The molecule has 0 fully saturated rings. The van der Waals surface area contributed by atoms with E-state index in [0.29, 0.717) is 6.16 Å². The van der Waals surface area contributed by atoms with Gasteiger partial charge in [0.15, 0.2) is 0 Å². The fourth-order valence-electron chi connectivity index (χ4n) is 2.79. The van der Waals surface area contributed by atoms with Crippen molar-refractivity contribution in [3.8, 4) is 0 Å². The first-order valence-corrected chi connectivity index (χ1v) is 11.2. The van der Waals surface area contributed by atoms with Crippen molar-refractivity contribution in [2.24, 2.45) is 0 Å². The quantitative estimate of drug-likeness (QED) is 0.571. The van der Waals surface area contributed by atoms with Crippen molar-refractivity contribution in [3.05, 3.63) is 60.7 Å². The fourth-order valence-corrected chi connectivity index (χ4v) is 8.11. The third kappa shape index (κ3) is 3.63. The molecule has 0 heterocycles. The Morgan fingerprint density at radius 3 is 1.82 bits per heavy atom. The zero-order chi connectivity index (χ0) is 16.2. The third-order valence-corrected chi connectivity index (χ3v) is 10.2. The summed E-state index contributed by atoms with van der Waals surface area (Å²) in [4.78, 5) is 11.0. The van der Waals surface area contributed by atoms with Crippen molar-refractivity contribution in [3.63, 3.8) is 0 Å². The molecular formula is C17H19Cl2O2P. The van der Waals surface area contributed by atoms with Crippen LogP contribution in [0, 0.1) is 0 Å². The molecule has 0 aliphatic heterocycles. The predicted molar refractivity (Wildman–Crippen MR) is 97.5 cm³/mol. The van der Waals surface area contributed by atoms with Crippen LogP contribution in [0.5, 0.6) is 0 Å². The van der Waals surface area contributed by atoms with Gasteiger partial charge in [-0.2, -0.15) is 0 Å². The fraction of sp³-hybridized carbons (Fsp3) is 0.235. The molecule has 0 radical (unpaired) electrons. The monoisotopic (exact) mass is 356 g/mol. The molecule has 0 spiro atoms. The molecule has 0 aliphatic rings. The number of benzene rings is 2. The molecular weight excluding hydrogens is 338 g/mol. The standard InChI is InChI=1S/C17H19Cl2O2P/c1-14(21-17(18)20)13-22(2,19,15-9-5-3-6-10-15)16-11-7-4-8-12-16/h3-12,14H,13H2,1-2H3. The van der Waals surface area contributed by atoms with E-state index < -0.39 is 11.4 Å². The second-order valence-electron chi connectivity index (χ2n) is 5.67. The van der Waals surface area contributed by atoms with E-state index in [0.717, 1.165) is 10.6 Å². The first kappa shape index (κ1) is 17.3. The topological polar surface area (TPSA) is 26.3 Å². The molecule has 0 saturated carbocycles. The van der Waals surface area contributed by atoms with Crippen molar-refractivity contribution in [1.29, 1.82) is 0 Å². The maximum absolute atomic E-state index is 11.0. The van der Waals surface area contributed by atoms with E-state index in [9.17, 15) is 4.79 Å². The van der Waals surface area contributed by atoms with Gasteiger partial charge in [0.25, 0.3) is 0 Å². The summed E-state index contributed by atoms with van der Waals surface area (Å²) in [5, 5.41) is 2.14. The SMILES string of the molecule is CC(CP(C)(Cl)(c1ccccc1)c1ccccc1)OC(=O)Cl. The Labute approximate surface area is 141 Å². The molecule has 0 aliphatic carbocycles. The Morgan fingerprint density at radius 2 is 1.45 bits per heavy atom. The van der Waals surface area contributed by atoms with Gasteiger partial charge in [0.05, 0.1) is 0 Å². The summed E-state index contributed by atoms with van der Waals surface area (Å²) in [6.45, 7) is 3.90. The van der Waals surface area contributed by atoms with Gasteiger partial charge < -0.3 is 0 Å². The molecule has 1 atom stereocenters. The van der Waals surface area contributed by atoms with Crippen LogP contribution in [0.3, 0.4) is 0 Å². The molecule has 0 saturated heterocycles. The van der Waals surface area contributed by atoms with E-state index in [1.165, 1.54) is 0 Å². The van der Waals surface area contributed by atoms with E-state index in [4.69, 9.17) is 27.6 Å². The minimum absolute atomic E-state index is 0.370. The number of hydrogen-bond donors (Lipinski definition) is 0. The van der Waals surface area contributed by atoms with Gasteiger partial charge >= 0.3 is 141 Å². The molecule has 0 N–H and O–H groups in total. The van der Waals surface area contributed by atoms with Crippen molar-refractivity contribution in [2.75, 3.05) is 12.8 Å². The number of rotatable bonds is 5. The van der Waals surface area contributed by atoms with E-state index in [2.05, 4.69) is 6.66 Å². The van der Waals surface area contributed by atoms with Gasteiger partial charge in [-0.15, -0.1) is 0 Å². The Hall–Kier alpha value is -1.08. The summed E-state index contributed by atoms with van der Waals surface area (Å²) in [5.41, 5.74) is -0.802. The van der Waals surface area contributed by atoms with Gasteiger partial charge in [-0.1, -0.05) is 0 Å². The Balaban J connectivity index is 2.52. The van der Waals surface area contributed by atoms with E-state index in [1.54, 1.807) is 0 Å². The molecule has 118 valence electrons. The summed E-state index contributed by atoms with van der Waals surface area (Å²) in [6, 6.07) is 20.0. The molecule has 0 bridgehead atoms. The average molecular weight is 357 g/mol. The first-order chi connectivity index (χ1) is 10.3. The van der Waals surface area contributed by atoms with Crippen LogP contribution in [0.1, 0.15) is 6.92 Å². The zero-order valence-electron chi connectivity index (χ0n) is 12.6. The molecule has 22 heavy (non-hydrogen) atoms. The van der Waals surface area contributed by atoms with Crippen LogP contribution >= 0.6 is 28.8 Å². The van der Waals surface area contributed by atoms with E-state index >= 15 is 0 Å². The second kappa shape index (κ2) is 6.58. The summed E-state index contributed by atoms with van der Waals surface area (Å²) >= 11 is 12.7. The third-order valence-electron chi connectivity index (χ3n) is 3.83. The van der Waals surface area contributed by atoms with Gasteiger partial charge in [0.1, 0.15) is 0 Å². The molecule has 5 heteroatoms. The number of carbonyl (C=O) groups excluding carboxylic acids is 1. The number of hydrogen-bond acceptors (Lipinski definition) is 2. The van der Waals surface area contributed by atoms with Gasteiger partial charge in [0, 0.05) is 0 Å². The molecule has 0 aromatic heterocycles. The van der Waals surface area contributed by atoms with Crippen molar-refractivity contribution in [1.82, 2.24) is 0 Å². The molecule has 2 aromatic carbocycles. The second-order valence-corrected chi connectivity index (χ2v) is 13.4. The van der Waals surface area contributed by atoms with E-state index in [1.807, 2.05) is 67.6 Å². The van der Waals surface area contributed by atoms with Crippen LogP contribution in [0.15, 0.2) is 60.7 Å². The normalized spacial score (nSPS) is 14.6.